The Hall–Kier alpha value is -1.69. The van der Waals surface area contributed by atoms with Crippen LogP contribution in [0.1, 0.15) is 6.42 Å². The van der Waals surface area contributed by atoms with E-state index in [9.17, 15) is 10.1 Å². The van der Waals surface area contributed by atoms with E-state index in [1.807, 2.05) is 7.05 Å². The minimum absolute atomic E-state index is 0.0422. The summed E-state index contributed by atoms with van der Waals surface area (Å²) < 4.78 is 5.46. The number of nitro groups is 1. The highest BCUT2D eigenvalue weighted by Gasteiger charge is 2.24. The predicted molar refractivity (Wildman–Crippen MR) is 57.4 cm³/mol. The molecule has 0 unspecified atom stereocenters. The van der Waals surface area contributed by atoms with Gasteiger partial charge in [0.2, 0.25) is 0 Å². The third kappa shape index (κ3) is 2.27. The Kier molecular flexibility index (Phi) is 3.00. The van der Waals surface area contributed by atoms with Crippen molar-refractivity contribution in [3.05, 3.63) is 28.6 Å². The number of rotatable bonds is 4. The van der Waals surface area contributed by atoms with Gasteiger partial charge in [0.05, 0.1) is 17.2 Å². The van der Waals surface area contributed by atoms with Crippen molar-refractivity contribution in [1.29, 1.82) is 0 Å². The Bertz CT molecular complexity index is 397. The Morgan fingerprint density at radius 1 is 1.69 bits per heavy atom. The summed E-state index contributed by atoms with van der Waals surface area (Å²) >= 11 is 0. The first-order valence-corrected chi connectivity index (χ1v) is 5.09. The van der Waals surface area contributed by atoms with Crippen molar-refractivity contribution in [3.63, 3.8) is 0 Å². The Morgan fingerprint density at radius 2 is 2.50 bits per heavy atom. The summed E-state index contributed by atoms with van der Waals surface area (Å²) in [6.07, 6.45) is 3.81. The van der Waals surface area contributed by atoms with Crippen molar-refractivity contribution >= 4 is 5.69 Å². The molecule has 1 aliphatic rings. The maximum atomic E-state index is 10.5. The molecule has 86 valence electrons. The largest absolute Gasteiger partial charge is 0.490 e. The van der Waals surface area contributed by atoms with Crippen molar-refractivity contribution < 1.29 is 9.66 Å². The van der Waals surface area contributed by atoms with Crippen molar-refractivity contribution in [3.8, 4) is 5.75 Å². The highest BCUT2D eigenvalue weighted by molar-refractivity contribution is 5.33. The van der Waals surface area contributed by atoms with Crippen LogP contribution >= 0.6 is 0 Å². The number of ether oxygens (including phenoxy) is 1. The Labute approximate surface area is 93.0 Å². The lowest BCUT2D eigenvalue weighted by Crippen LogP contribution is -2.48. The van der Waals surface area contributed by atoms with Gasteiger partial charge < -0.3 is 4.74 Å². The number of likely N-dealkylation sites (N-methyl/N-ethyl adjacent to an activating group) is 1. The van der Waals surface area contributed by atoms with Crippen molar-refractivity contribution in [1.82, 2.24) is 9.88 Å². The summed E-state index contributed by atoms with van der Waals surface area (Å²) in [6.45, 7) is 1.64. The Morgan fingerprint density at radius 3 is 3.06 bits per heavy atom. The molecule has 0 bridgehead atoms. The fourth-order valence-electron chi connectivity index (χ4n) is 1.56. The fourth-order valence-corrected chi connectivity index (χ4v) is 1.56. The average molecular weight is 223 g/mol. The number of nitrogens with zero attached hydrogens (tertiary/aromatic N) is 3. The van der Waals surface area contributed by atoms with Crippen LogP contribution in [0.3, 0.4) is 0 Å². The summed E-state index contributed by atoms with van der Waals surface area (Å²) in [5.74, 6) is 0.453. The monoisotopic (exact) mass is 223 g/mol. The van der Waals surface area contributed by atoms with E-state index < -0.39 is 4.92 Å². The lowest BCUT2D eigenvalue weighted by Gasteiger charge is -2.37. The number of pyridine rings is 1. The molecule has 1 atom stereocenters. The molecule has 16 heavy (non-hydrogen) atoms. The van der Waals surface area contributed by atoms with Crippen LogP contribution in [0, 0.1) is 10.1 Å². The van der Waals surface area contributed by atoms with Crippen LogP contribution in [-0.2, 0) is 0 Å². The van der Waals surface area contributed by atoms with Crippen LogP contribution in [0.25, 0.3) is 0 Å². The van der Waals surface area contributed by atoms with Gasteiger partial charge in [-0.25, -0.2) is 0 Å². The number of aromatic nitrogens is 1. The van der Waals surface area contributed by atoms with E-state index in [4.69, 9.17) is 4.74 Å². The quantitative estimate of drug-likeness (QED) is 0.564. The van der Waals surface area contributed by atoms with Crippen LogP contribution in [-0.4, -0.2) is 41.0 Å². The van der Waals surface area contributed by atoms with E-state index in [-0.39, 0.29) is 5.69 Å². The zero-order chi connectivity index (χ0) is 11.5. The lowest BCUT2D eigenvalue weighted by atomic mass is 10.1. The number of likely N-dealkylation sites (tertiary alicyclic amines) is 1. The molecule has 1 saturated heterocycles. The first kappa shape index (κ1) is 10.8. The van der Waals surface area contributed by atoms with Gasteiger partial charge in [-0.15, -0.1) is 0 Å². The summed E-state index contributed by atoms with van der Waals surface area (Å²) in [5.41, 5.74) is -0.0422. The van der Waals surface area contributed by atoms with Crippen LogP contribution < -0.4 is 4.74 Å². The summed E-state index contributed by atoms with van der Waals surface area (Å²) in [7, 11) is 2.03. The normalized spacial score (nSPS) is 20.2. The topological polar surface area (TPSA) is 68.5 Å². The first-order valence-electron chi connectivity index (χ1n) is 5.09. The standard InChI is InChI=1S/C10H13N3O3/c1-12-3-2-8(12)7-16-10-4-9(13(14)15)5-11-6-10/h4-6,8H,2-3,7H2,1H3/t8-/m1/s1. The fraction of sp³-hybridized carbons (Fsp3) is 0.500. The van der Waals surface area contributed by atoms with Gasteiger partial charge in [0.15, 0.2) is 0 Å². The summed E-state index contributed by atoms with van der Waals surface area (Å²) in [6, 6.07) is 1.81. The van der Waals surface area contributed by atoms with Crippen molar-refractivity contribution in [2.45, 2.75) is 12.5 Å². The van der Waals surface area contributed by atoms with Gasteiger partial charge >= 0.3 is 0 Å². The molecule has 0 radical (unpaired) electrons. The van der Waals surface area contributed by atoms with Gasteiger partial charge in [-0.1, -0.05) is 0 Å². The van der Waals surface area contributed by atoms with E-state index in [1.54, 1.807) is 0 Å². The summed E-state index contributed by atoms with van der Waals surface area (Å²) in [5, 5.41) is 10.5. The second-order valence-corrected chi connectivity index (χ2v) is 3.87. The Balaban J connectivity index is 1.93. The molecule has 2 rings (SSSR count). The zero-order valence-electron chi connectivity index (χ0n) is 9.00. The van der Waals surface area contributed by atoms with Crippen LogP contribution in [0.2, 0.25) is 0 Å². The van der Waals surface area contributed by atoms with Gasteiger partial charge in [0.25, 0.3) is 5.69 Å². The first-order chi connectivity index (χ1) is 7.66. The third-order valence-corrected chi connectivity index (χ3v) is 2.79. The highest BCUT2D eigenvalue weighted by atomic mass is 16.6. The second-order valence-electron chi connectivity index (χ2n) is 3.87. The SMILES string of the molecule is CN1CC[C@@H]1COc1cncc([N+](=O)[O-])c1. The maximum Gasteiger partial charge on any atom is 0.291 e. The molecule has 1 aromatic rings. The summed E-state index contributed by atoms with van der Waals surface area (Å²) in [4.78, 5) is 16.0. The van der Waals surface area contributed by atoms with Gasteiger partial charge in [-0.05, 0) is 20.0 Å². The van der Waals surface area contributed by atoms with Crippen molar-refractivity contribution in [2.75, 3.05) is 20.2 Å². The van der Waals surface area contributed by atoms with Gasteiger partial charge in [-0.2, -0.15) is 0 Å². The second kappa shape index (κ2) is 4.44. The highest BCUT2D eigenvalue weighted by Crippen LogP contribution is 2.20. The average Bonchev–Trinajstić information content (AvgIpc) is 2.27. The molecule has 1 aromatic heterocycles. The van der Waals surface area contributed by atoms with Crippen LogP contribution in [0.5, 0.6) is 5.75 Å². The minimum Gasteiger partial charge on any atom is -0.490 e. The van der Waals surface area contributed by atoms with Gasteiger partial charge in [-0.3, -0.25) is 20.0 Å². The molecular formula is C10H13N3O3. The van der Waals surface area contributed by atoms with Gasteiger partial charge in [0, 0.05) is 6.04 Å². The lowest BCUT2D eigenvalue weighted by molar-refractivity contribution is -0.385. The molecule has 6 nitrogen and oxygen atoms in total. The molecule has 1 fully saturated rings. The van der Waals surface area contributed by atoms with Gasteiger partial charge in [0.1, 0.15) is 18.6 Å². The molecule has 6 heteroatoms. The number of hydrogen-bond acceptors (Lipinski definition) is 5. The zero-order valence-corrected chi connectivity index (χ0v) is 9.00. The van der Waals surface area contributed by atoms with E-state index in [0.29, 0.717) is 18.4 Å². The van der Waals surface area contributed by atoms with Crippen LogP contribution in [0.15, 0.2) is 18.5 Å². The maximum absolute atomic E-state index is 10.5. The molecule has 0 aromatic carbocycles. The molecule has 0 amide bonds. The molecule has 2 heterocycles. The molecule has 0 aliphatic carbocycles. The molecule has 1 aliphatic heterocycles. The number of hydrogen-bond donors (Lipinski definition) is 0. The van der Waals surface area contributed by atoms with E-state index in [0.717, 1.165) is 13.0 Å². The molecule has 0 spiro atoms. The van der Waals surface area contributed by atoms with E-state index in [1.165, 1.54) is 18.5 Å². The van der Waals surface area contributed by atoms with E-state index in [2.05, 4.69) is 9.88 Å². The minimum atomic E-state index is -0.477. The third-order valence-electron chi connectivity index (χ3n) is 2.79. The molecule has 0 N–H and O–H groups in total. The smallest absolute Gasteiger partial charge is 0.291 e. The molecular weight excluding hydrogens is 210 g/mol. The van der Waals surface area contributed by atoms with Crippen LogP contribution in [0.4, 0.5) is 5.69 Å². The van der Waals surface area contributed by atoms with Crippen molar-refractivity contribution in [2.24, 2.45) is 0 Å². The van der Waals surface area contributed by atoms with E-state index >= 15 is 0 Å². The molecule has 0 saturated carbocycles. The predicted octanol–water partition coefficient (Wildman–Crippen LogP) is 1.07.